The summed E-state index contributed by atoms with van der Waals surface area (Å²) in [7, 11) is 0. The number of hydrogen-bond acceptors (Lipinski definition) is 1. The summed E-state index contributed by atoms with van der Waals surface area (Å²) >= 11 is 0. The number of alkyl halides is 3. The van der Waals surface area contributed by atoms with E-state index in [2.05, 4.69) is 5.32 Å². The van der Waals surface area contributed by atoms with Gasteiger partial charge in [0, 0.05) is 6.04 Å². The number of rotatable bonds is 1. The van der Waals surface area contributed by atoms with Gasteiger partial charge in [0.1, 0.15) is 0 Å². The van der Waals surface area contributed by atoms with Crippen LogP contribution in [0, 0.1) is 0 Å². The second kappa shape index (κ2) is 5.74. The van der Waals surface area contributed by atoms with Gasteiger partial charge in [-0.2, -0.15) is 13.2 Å². The zero-order valence-electron chi connectivity index (χ0n) is 10.3. The average Bonchev–Trinajstić information content (AvgIpc) is 2.27. The highest BCUT2D eigenvalue weighted by molar-refractivity contribution is 5.28. The molecule has 1 atom stereocenters. The molecule has 0 amide bonds. The largest absolute Gasteiger partial charge is 0.416 e. The molecule has 0 aromatic heterocycles. The molecule has 100 valence electrons. The van der Waals surface area contributed by atoms with E-state index in [1.54, 1.807) is 6.07 Å². The van der Waals surface area contributed by atoms with Crippen molar-refractivity contribution in [3.63, 3.8) is 0 Å². The van der Waals surface area contributed by atoms with Crippen molar-refractivity contribution in [2.45, 2.75) is 44.3 Å². The molecule has 0 aliphatic carbocycles. The molecule has 0 radical (unpaired) electrons. The van der Waals surface area contributed by atoms with Crippen LogP contribution in [0.3, 0.4) is 0 Å². The third kappa shape index (κ3) is 3.48. The molecule has 0 spiro atoms. The van der Waals surface area contributed by atoms with E-state index in [1.165, 1.54) is 25.0 Å². The van der Waals surface area contributed by atoms with Crippen LogP contribution in [-0.2, 0) is 6.18 Å². The second-order valence-electron chi connectivity index (χ2n) is 4.83. The van der Waals surface area contributed by atoms with E-state index in [4.69, 9.17) is 0 Å². The van der Waals surface area contributed by atoms with Gasteiger partial charge >= 0.3 is 6.18 Å². The van der Waals surface area contributed by atoms with Crippen molar-refractivity contribution < 1.29 is 13.2 Å². The van der Waals surface area contributed by atoms with E-state index < -0.39 is 11.7 Å². The van der Waals surface area contributed by atoms with Crippen molar-refractivity contribution in [3.8, 4) is 0 Å². The van der Waals surface area contributed by atoms with E-state index in [0.29, 0.717) is 0 Å². The lowest BCUT2D eigenvalue weighted by Gasteiger charge is -2.22. The lowest BCUT2D eigenvalue weighted by Crippen LogP contribution is -2.24. The highest BCUT2D eigenvalue weighted by Crippen LogP contribution is 2.32. The molecule has 1 nitrogen and oxygen atoms in total. The topological polar surface area (TPSA) is 12.0 Å². The van der Waals surface area contributed by atoms with E-state index in [9.17, 15) is 13.2 Å². The van der Waals surface area contributed by atoms with Gasteiger partial charge in [-0.3, -0.25) is 0 Å². The summed E-state index contributed by atoms with van der Waals surface area (Å²) in [5, 5.41) is 3.35. The van der Waals surface area contributed by atoms with Gasteiger partial charge in [-0.1, -0.05) is 31.4 Å². The molecule has 2 rings (SSSR count). The maximum Gasteiger partial charge on any atom is 0.416 e. The Morgan fingerprint density at radius 1 is 1.06 bits per heavy atom. The van der Waals surface area contributed by atoms with Gasteiger partial charge in [0.25, 0.3) is 0 Å². The molecule has 1 aromatic rings. The second-order valence-corrected chi connectivity index (χ2v) is 4.83. The van der Waals surface area contributed by atoms with Crippen LogP contribution < -0.4 is 5.32 Å². The van der Waals surface area contributed by atoms with E-state index >= 15 is 0 Å². The van der Waals surface area contributed by atoms with E-state index in [-0.39, 0.29) is 6.04 Å². The molecule has 4 heteroatoms. The first-order valence-electron chi connectivity index (χ1n) is 6.48. The van der Waals surface area contributed by atoms with Crippen LogP contribution in [0.4, 0.5) is 13.2 Å². The van der Waals surface area contributed by atoms with Crippen LogP contribution in [0.5, 0.6) is 0 Å². The summed E-state index contributed by atoms with van der Waals surface area (Å²) in [6.07, 6.45) is 1.24. The summed E-state index contributed by atoms with van der Waals surface area (Å²) in [6, 6.07) is 5.76. The number of benzene rings is 1. The third-order valence-electron chi connectivity index (χ3n) is 3.43. The fourth-order valence-electron chi connectivity index (χ4n) is 2.42. The standard InChI is InChI=1S/C14H18F3N/c15-14(16,17)12-7-5-6-11(10-12)13-8-3-1-2-4-9-18-13/h5-7,10,13,18H,1-4,8-9H2. The Kier molecular flexibility index (Phi) is 4.27. The van der Waals surface area contributed by atoms with Crippen molar-refractivity contribution in [1.29, 1.82) is 0 Å². The van der Waals surface area contributed by atoms with Crippen LogP contribution in [0.15, 0.2) is 24.3 Å². The monoisotopic (exact) mass is 257 g/mol. The average molecular weight is 257 g/mol. The Bertz CT molecular complexity index is 379. The van der Waals surface area contributed by atoms with Crippen LogP contribution in [0.1, 0.15) is 49.3 Å². The smallest absolute Gasteiger partial charge is 0.310 e. The molecule has 1 fully saturated rings. The van der Waals surface area contributed by atoms with Crippen LogP contribution >= 0.6 is 0 Å². The van der Waals surface area contributed by atoms with Gasteiger partial charge < -0.3 is 5.32 Å². The van der Waals surface area contributed by atoms with Crippen LogP contribution in [-0.4, -0.2) is 6.54 Å². The van der Waals surface area contributed by atoms with E-state index in [0.717, 1.165) is 37.4 Å². The SMILES string of the molecule is FC(F)(F)c1cccc(C2CCCCCCN2)c1. The zero-order chi connectivity index (χ0) is 13.0. The predicted molar refractivity (Wildman–Crippen MR) is 65.3 cm³/mol. The zero-order valence-corrected chi connectivity index (χ0v) is 10.3. The molecule has 1 saturated heterocycles. The molecule has 1 aliphatic rings. The van der Waals surface area contributed by atoms with Gasteiger partial charge in [-0.25, -0.2) is 0 Å². The highest BCUT2D eigenvalue weighted by Gasteiger charge is 2.30. The lowest BCUT2D eigenvalue weighted by molar-refractivity contribution is -0.137. The predicted octanol–water partition coefficient (Wildman–Crippen LogP) is 4.30. The minimum atomic E-state index is -4.25. The van der Waals surface area contributed by atoms with Gasteiger partial charge in [0.2, 0.25) is 0 Å². The van der Waals surface area contributed by atoms with Gasteiger partial charge in [-0.15, -0.1) is 0 Å². The quantitative estimate of drug-likeness (QED) is 0.791. The Labute approximate surface area is 105 Å². The van der Waals surface area contributed by atoms with Crippen molar-refractivity contribution >= 4 is 0 Å². The molecule has 18 heavy (non-hydrogen) atoms. The molecule has 1 unspecified atom stereocenters. The van der Waals surface area contributed by atoms with Crippen LogP contribution in [0.25, 0.3) is 0 Å². The maximum atomic E-state index is 12.7. The molecular weight excluding hydrogens is 239 g/mol. The first-order valence-corrected chi connectivity index (χ1v) is 6.48. The Hall–Kier alpha value is -1.03. The molecule has 1 N–H and O–H groups in total. The molecule has 1 aromatic carbocycles. The van der Waals surface area contributed by atoms with Crippen molar-refractivity contribution in [2.75, 3.05) is 6.54 Å². The van der Waals surface area contributed by atoms with Crippen molar-refractivity contribution in [3.05, 3.63) is 35.4 Å². The van der Waals surface area contributed by atoms with Gasteiger partial charge in [0.15, 0.2) is 0 Å². The van der Waals surface area contributed by atoms with Gasteiger partial charge in [-0.05, 0) is 37.1 Å². The fourth-order valence-corrected chi connectivity index (χ4v) is 2.42. The summed E-state index contributed by atoms with van der Waals surface area (Å²) in [6.45, 7) is 0.890. The molecular formula is C14H18F3N. The summed E-state index contributed by atoms with van der Waals surface area (Å²) in [5.41, 5.74) is 0.204. The molecule has 0 saturated carbocycles. The normalized spacial score (nSPS) is 22.3. The minimum absolute atomic E-state index is 0.0626. The Morgan fingerprint density at radius 3 is 2.61 bits per heavy atom. The lowest BCUT2D eigenvalue weighted by atomic mass is 9.96. The number of nitrogens with one attached hydrogen (secondary N) is 1. The first kappa shape index (κ1) is 13.4. The van der Waals surface area contributed by atoms with Crippen LogP contribution in [0.2, 0.25) is 0 Å². The third-order valence-corrected chi connectivity index (χ3v) is 3.43. The Morgan fingerprint density at radius 2 is 1.83 bits per heavy atom. The maximum absolute atomic E-state index is 12.7. The van der Waals surface area contributed by atoms with Crippen molar-refractivity contribution in [2.24, 2.45) is 0 Å². The number of hydrogen-bond donors (Lipinski definition) is 1. The molecule has 1 heterocycles. The summed E-state index contributed by atoms with van der Waals surface area (Å²) < 4.78 is 38.0. The summed E-state index contributed by atoms with van der Waals surface area (Å²) in [4.78, 5) is 0. The first-order chi connectivity index (χ1) is 8.57. The molecule has 1 aliphatic heterocycles. The fraction of sp³-hybridized carbons (Fsp3) is 0.571. The highest BCUT2D eigenvalue weighted by atomic mass is 19.4. The number of halogens is 3. The summed E-state index contributed by atoms with van der Waals surface area (Å²) in [5.74, 6) is 0. The molecule has 0 bridgehead atoms. The van der Waals surface area contributed by atoms with Crippen molar-refractivity contribution in [1.82, 2.24) is 5.32 Å². The Balaban J connectivity index is 2.16. The van der Waals surface area contributed by atoms with Gasteiger partial charge in [0.05, 0.1) is 5.56 Å². The minimum Gasteiger partial charge on any atom is -0.310 e. The van der Waals surface area contributed by atoms with E-state index in [1.807, 2.05) is 0 Å².